The van der Waals surface area contributed by atoms with Crippen LogP contribution in [-0.2, 0) is 4.79 Å². The Labute approximate surface area is 218 Å². The molecule has 1 heterocycles. The standard InChI is InChI=1S/C28H36N4O3S/c1-8-25(27(34)29-22-13-11-12-21(16-22)19(6)33)36-28-31-30-26(32(28)18(4)5)20(7)35-24-15-10-9-14-23(24)17(2)3/h9-18,20,25H,8H2,1-7H3,(H,29,34). The molecule has 2 atom stereocenters. The minimum atomic E-state index is -0.376. The minimum Gasteiger partial charge on any atom is -0.482 e. The lowest BCUT2D eigenvalue weighted by atomic mass is 10.0. The number of ether oxygens (including phenoxy) is 1. The van der Waals surface area contributed by atoms with Crippen LogP contribution < -0.4 is 10.1 Å². The summed E-state index contributed by atoms with van der Waals surface area (Å²) in [5, 5.41) is 12.1. The van der Waals surface area contributed by atoms with Crippen molar-refractivity contribution in [3.05, 3.63) is 65.5 Å². The fraction of sp³-hybridized carbons (Fsp3) is 0.429. The molecule has 0 aliphatic carbocycles. The largest absolute Gasteiger partial charge is 0.482 e. The van der Waals surface area contributed by atoms with E-state index in [2.05, 4.69) is 49.3 Å². The maximum Gasteiger partial charge on any atom is 0.237 e. The molecule has 0 saturated carbocycles. The van der Waals surface area contributed by atoms with Crippen molar-refractivity contribution in [1.82, 2.24) is 14.8 Å². The molecule has 0 spiro atoms. The number of rotatable bonds is 11. The van der Waals surface area contributed by atoms with Crippen LogP contribution in [0.15, 0.2) is 53.7 Å². The molecule has 3 rings (SSSR count). The van der Waals surface area contributed by atoms with E-state index >= 15 is 0 Å². The van der Waals surface area contributed by atoms with Gasteiger partial charge in [0.25, 0.3) is 0 Å². The van der Waals surface area contributed by atoms with Gasteiger partial charge in [-0.05, 0) is 63.8 Å². The van der Waals surface area contributed by atoms with Gasteiger partial charge in [0.15, 0.2) is 22.9 Å². The molecular weight excluding hydrogens is 472 g/mol. The number of para-hydroxylation sites is 1. The number of aromatic nitrogens is 3. The summed E-state index contributed by atoms with van der Waals surface area (Å²) in [6.45, 7) is 13.9. The SMILES string of the molecule is CCC(Sc1nnc(C(C)Oc2ccccc2C(C)C)n1C(C)C)C(=O)Nc1cccc(C(C)=O)c1. The first kappa shape index (κ1) is 27.5. The minimum absolute atomic E-state index is 0.0440. The molecule has 1 aromatic heterocycles. The zero-order chi connectivity index (χ0) is 26.4. The number of anilines is 1. The lowest BCUT2D eigenvalue weighted by Crippen LogP contribution is -2.25. The molecule has 0 aliphatic rings. The topological polar surface area (TPSA) is 86.1 Å². The van der Waals surface area contributed by atoms with Crippen LogP contribution in [0.5, 0.6) is 5.75 Å². The van der Waals surface area contributed by atoms with Crippen LogP contribution in [0.2, 0.25) is 0 Å². The number of Topliss-reactive ketones (excluding diaryl/α,β-unsaturated/α-hetero) is 1. The molecule has 0 radical (unpaired) electrons. The lowest BCUT2D eigenvalue weighted by Gasteiger charge is -2.22. The highest BCUT2D eigenvalue weighted by Gasteiger charge is 2.26. The van der Waals surface area contributed by atoms with Crippen molar-refractivity contribution in [2.24, 2.45) is 0 Å². The maximum absolute atomic E-state index is 13.1. The van der Waals surface area contributed by atoms with E-state index in [9.17, 15) is 9.59 Å². The summed E-state index contributed by atoms with van der Waals surface area (Å²) in [5.41, 5.74) is 2.31. The van der Waals surface area contributed by atoms with E-state index in [1.807, 2.05) is 36.6 Å². The second-order valence-electron chi connectivity index (χ2n) is 9.40. The Morgan fingerprint density at radius 1 is 1.03 bits per heavy atom. The van der Waals surface area contributed by atoms with Crippen LogP contribution in [0.4, 0.5) is 5.69 Å². The summed E-state index contributed by atoms with van der Waals surface area (Å²) in [5.74, 6) is 1.71. The highest BCUT2D eigenvalue weighted by molar-refractivity contribution is 8.00. The number of carbonyl (C=O) groups excluding carboxylic acids is 2. The molecule has 2 unspecified atom stereocenters. The number of thioether (sulfide) groups is 1. The van der Waals surface area contributed by atoms with Crippen LogP contribution >= 0.6 is 11.8 Å². The van der Waals surface area contributed by atoms with Crippen molar-refractivity contribution < 1.29 is 14.3 Å². The third kappa shape index (κ3) is 6.55. The molecule has 1 amide bonds. The Bertz CT molecular complexity index is 1210. The average molecular weight is 509 g/mol. The second kappa shape index (κ2) is 12.2. The molecule has 2 aromatic carbocycles. The van der Waals surface area contributed by atoms with Gasteiger partial charge in [-0.1, -0.05) is 62.9 Å². The van der Waals surface area contributed by atoms with Crippen molar-refractivity contribution in [3.63, 3.8) is 0 Å². The Morgan fingerprint density at radius 3 is 2.39 bits per heavy atom. The molecule has 0 bridgehead atoms. The third-order valence-corrected chi connectivity index (χ3v) is 7.18. The number of nitrogens with zero attached hydrogens (tertiary/aromatic N) is 3. The van der Waals surface area contributed by atoms with Crippen molar-refractivity contribution >= 4 is 29.1 Å². The molecular formula is C28H36N4O3S. The third-order valence-electron chi connectivity index (χ3n) is 5.86. The van der Waals surface area contributed by atoms with Gasteiger partial charge in [-0.2, -0.15) is 0 Å². The molecule has 7 nitrogen and oxygen atoms in total. The van der Waals surface area contributed by atoms with Crippen LogP contribution in [0.3, 0.4) is 0 Å². The Morgan fingerprint density at radius 2 is 1.75 bits per heavy atom. The predicted molar refractivity (Wildman–Crippen MR) is 145 cm³/mol. The molecule has 0 saturated heterocycles. The average Bonchev–Trinajstić information content (AvgIpc) is 3.27. The Balaban J connectivity index is 1.80. The van der Waals surface area contributed by atoms with Crippen LogP contribution in [0.1, 0.15) is 94.7 Å². The van der Waals surface area contributed by atoms with Crippen molar-refractivity contribution in [2.75, 3.05) is 5.32 Å². The second-order valence-corrected chi connectivity index (χ2v) is 10.6. The number of carbonyl (C=O) groups is 2. The number of ketones is 1. The summed E-state index contributed by atoms with van der Waals surface area (Å²) in [6.07, 6.45) is 0.286. The van der Waals surface area contributed by atoms with Gasteiger partial charge in [-0.3, -0.25) is 9.59 Å². The molecule has 192 valence electrons. The molecule has 1 N–H and O–H groups in total. The van der Waals surface area contributed by atoms with Crippen molar-refractivity contribution in [1.29, 1.82) is 0 Å². The van der Waals surface area contributed by atoms with Gasteiger partial charge >= 0.3 is 0 Å². The summed E-state index contributed by atoms with van der Waals surface area (Å²) in [7, 11) is 0. The zero-order valence-corrected chi connectivity index (χ0v) is 22.9. The predicted octanol–water partition coefficient (Wildman–Crippen LogP) is 6.83. The van der Waals surface area contributed by atoms with E-state index in [1.165, 1.54) is 18.7 Å². The fourth-order valence-electron chi connectivity index (χ4n) is 3.93. The van der Waals surface area contributed by atoms with Crippen molar-refractivity contribution in [2.45, 2.75) is 83.4 Å². The number of hydrogen-bond acceptors (Lipinski definition) is 6. The summed E-state index contributed by atoms with van der Waals surface area (Å²) >= 11 is 1.39. The van der Waals surface area contributed by atoms with Gasteiger partial charge in [-0.15, -0.1) is 10.2 Å². The van der Waals surface area contributed by atoms with E-state index in [0.29, 0.717) is 28.7 Å². The van der Waals surface area contributed by atoms with Crippen LogP contribution in [0.25, 0.3) is 0 Å². The Hall–Kier alpha value is -3.13. The van der Waals surface area contributed by atoms with Crippen molar-refractivity contribution in [3.8, 4) is 5.75 Å². The number of nitrogens with one attached hydrogen (secondary N) is 1. The first-order valence-electron chi connectivity index (χ1n) is 12.4. The smallest absolute Gasteiger partial charge is 0.237 e. The van der Waals surface area contributed by atoms with Gasteiger partial charge in [0.05, 0.1) is 5.25 Å². The first-order chi connectivity index (χ1) is 17.1. The first-order valence-corrected chi connectivity index (χ1v) is 13.3. The maximum atomic E-state index is 13.1. The van der Waals surface area contributed by atoms with Gasteiger partial charge in [-0.25, -0.2) is 0 Å². The number of hydrogen-bond donors (Lipinski definition) is 1. The molecule has 0 fully saturated rings. The molecule has 8 heteroatoms. The number of amides is 1. The lowest BCUT2D eigenvalue weighted by molar-refractivity contribution is -0.115. The van der Waals surface area contributed by atoms with Crippen LogP contribution in [0, 0.1) is 0 Å². The van der Waals surface area contributed by atoms with E-state index in [1.54, 1.807) is 24.3 Å². The van der Waals surface area contributed by atoms with E-state index < -0.39 is 0 Å². The molecule has 36 heavy (non-hydrogen) atoms. The Kier molecular flexibility index (Phi) is 9.31. The molecule has 3 aromatic rings. The van der Waals surface area contributed by atoms with E-state index in [4.69, 9.17) is 4.74 Å². The zero-order valence-electron chi connectivity index (χ0n) is 22.1. The van der Waals surface area contributed by atoms with Gasteiger partial charge in [0.2, 0.25) is 5.91 Å². The normalized spacial score (nSPS) is 13.0. The summed E-state index contributed by atoms with van der Waals surface area (Å²) in [6, 6.07) is 15.1. The highest BCUT2D eigenvalue weighted by atomic mass is 32.2. The van der Waals surface area contributed by atoms with Gasteiger partial charge < -0.3 is 14.6 Å². The highest BCUT2D eigenvalue weighted by Crippen LogP contribution is 2.33. The van der Waals surface area contributed by atoms with Crippen LogP contribution in [-0.4, -0.2) is 31.7 Å². The van der Waals surface area contributed by atoms with Gasteiger partial charge in [0.1, 0.15) is 5.75 Å². The molecule has 0 aliphatic heterocycles. The number of benzene rings is 2. The monoisotopic (exact) mass is 508 g/mol. The van der Waals surface area contributed by atoms with E-state index in [-0.39, 0.29) is 29.1 Å². The van der Waals surface area contributed by atoms with Gasteiger partial charge in [0, 0.05) is 17.3 Å². The summed E-state index contributed by atoms with van der Waals surface area (Å²) in [4.78, 5) is 24.8. The summed E-state index contributed by atoms with van der Waals surface area (Å²) < 4.78 is 8.39. The quantitative estimate of drug-likeness (QED) is 0.226. The van der Waals surface area contributed by atoms with E-state index in [0.717, 1.165) is 17.1 Å². The fourth-order valence-corrected chi connectivity index (χ4v) is 5.02.